The number of hydrogen-bond acceptors (Lipinski definition) is 8. The van der Waals surface area contributed by atoms with Crippen LogP contribution < -0.4 is 5.32 Å². The predicted molar refractivity (Wildman–Crippen MR) is 110 cm³/mol. The molecule has 1 aliphatic heterocycles. The van der Waals surface area contributed by atoms with Crippen LogP contribution in [-0.2, 0) is 26.0 Å². The van der Waals surface area contributed by atoms with Crippen LogP contribution in [0.4, 0.5) is 5.69 Å². The number of sulfonamides is 1. The zero-order valence-electron chi connectivity index (χ0n) is 16.6. The molecule has 3 aromatic rings. The van der Waals surface area contributed by atoms with Gasteiger partial charge >= 0.3 is 0 Å². The summed E-state index contributed by atoms with van der Waals surface area (Å²) in [6.45, 7) is 1.44. The SMILES string of the molecule is O=C(CCc1nc(-c2ccccn2)no1)Nc1ccc(S(=O)(=O)N2CCOCC2)cc1. The first-order chi connectivity index (χ1) is 15.0. The van der Waals surface area contributed by atoms with Crippen molar-refractivity contribution in [1.29, 1.82) is 0 Å². The van der Waals surface area contributed by atoms with Crippen molar-refractivity contribution in [3.63, 3.8) is 0 Å². The molecule has 1 aliphatic rings. The van der Waals surface area contributed by atoms with Crippen molar-refractivity contribution in [2.45, 2.75) is 17.7 Å². The van der Waals surface area contributed by atoms with Crippen molar-refractivity contribution in [1.82, 2.24) is 19.4 Å². The molecule has 11 heteroatoms. The number of rotatable bonds is 7. The molecular weight excluding hydrogens is 422 g/mol. The van der Waals surface area contributed by atoms with Crippen LogP contribution in [0.1, 0.15) is 12.3 Å². The Hall–Kier alpha value is -3.15. The summed E-state index contributed by atoms with van der Waals surface area (Å²) < 4.78 is 37.0. The van der Waals surface area contributed by atoms with E-state index in [2.05, 4.69) is 20.4 Å². The van der Waals surface area contributed by atoms with Gasteiger partial charge in [-0.05, 0) is 36.4 Å². The summed E-state index contributed by atoms with van der Waals surface area (Å²) in [6.07, 6.45) is 2.04. The van der Waals surface area contributed by atoms with Crippen LogP contribution >= 0.6 is 0 Å². The number of pyridine rings is 1. The summed E-state index contributed by atoms with van der Waals surface area (Å²) in [5, 5.41) is 6.61. The first-order valence-corrected chi connectivity index (χ1v) is 11.2. The van der Waals surface area contributed by atoms with Crippen molar-refractivity contribution in [3.05, 3.63) is 54.6 Å². The van der Waals surface area contributed by atoms with Gasteiger partial charge in [-0.1, -0.05) is 11.2 Å². The Labute approximate surface area is 179 Å². The van der Waals surface area contributed by atoms with Gasteiger partial charge in [-0.3, -0.25) is 9.78 Å². The molecule has 1 aromatic carbocycles. The monoisotopic (exact) mass is 443 g/mol. The predicted octanol–water partition coefficient (Wildman–Crippen LogP) is 1.72. The Morgan fingerprint density at radius 1 is 1.10 bits per heavy atom. The second-order valence-corrected chi connectivity index (χ2v) is 8.75. The van der Waals surface area contributed by atoms with E-state index in [9.17, 15) is 13.2 Å². The topological polar surface area (TPSA) is 128 Å². The summed E-state index contributed by atoms with van der Waals surface area (Å²) >= 11 is 0. The van der Waals surface area contributed by atoms with Gasteiger partial charge in [0.1, 0.15) is 5.69 Å². The van der Waals surface area contributed by atoms with Crippen molar-refractivity contribution in [3.8, 4) is 11.5 Å². The van der Waals surface area contributed by atoms with Gasteiger partial charge in [-0.15, -0.1) is 0 Å². The maximum Gasteiger partial charge on any atom is 0.243 e. The third-order valence-electron chi connectivity index (χ3n) is 4.67. The molecule has 10 nitrogen and oxygen atoms in total. The number of nitrogens with one attached hydrogen (secondary N) is 1. The number of aromatic nitrogens is 3. The molecule has 1 amide bonds. The van der Waals surface area contributed by atoms with E-state index in [4.69, 9.17) is 9.26 Å². The van der Waals surface area contributed by atoms with Crippen LogP contribution in [0.3, 0.4) is 0 Å². The Kier molecular flexibility index (Phi) is 6.35. The van der Waals surface area contributed by atoms with Gasteiger partial charge in [0.25, 0.3) is 0 Å². The molecule has 1 saturated heterocycles. The van der Waals surface area contributed by atoms with Crippen molar-refractivity contribution in [2.75, 3.05) is 31.6 Å². The lowest BCUT2D eigenvalue weighted by Crippen LogP contribution is -2.40. The van der Waals surface area contributed by atoms with E-state index in [-0.39, 0.29) is 23.6 Å². The minimum absolute atomic E-state index is 0.137. The molecule has 0 unspecified atom stereocenters. The van der Waals surface area contributed by atoms with Crippen LogP contribution in [-0.4, -0.2) is 60.1 Å². The molecular formula is C20H21N5O5S. The number of amides is 1. The van der Waals surface area contributed by atoms with Crippen LogP contribution in [0.15, 0.2) is 58.1 Å². The maximum atomic E-state index is 12.6. The number of aryl methyl sites for hydroxylation is 1. The molecule has 4 rings (SSSR count). The number of carbonyl (C=O) groups excluding carboxylic acids is 1. The molecule has 0 radical (unpaired) electrons. The van der Waals surface area contributed by atoms with Gasteiger partial charge in [0.2, 0.25) is 27.6 Å². The molecule has 3 heterocycles. The van der Waals surface area contributed by atoms with Gasteiger partial charge in [0.05, 0.1) is 18.1 Å². The van der Waals surface area contributed by atoms with Gasteiger partial charge in [-0.2, -0.15) is 9.29 Å². The number of carbonyl (C=O) groups is 1. The molecule has 0 bridgehead atoms. The number of nitrogens with zero attached hydrogens (tertiary/aromatic N) is 4. The lowest BCUT2D eigenvalue weighted by molar-refractivity contribution is -0.116. The molecule has 1 N–H and O–H groups in total. The summed E-state index contributed by atoms with van der Waals surface area (Å²) in [5.41, 5.74) is 1.10. The number of ether oxygens (including phenoxy) is 1. The van der Waals surface area contributed by atoms with Crippen molar-refractivity contribution < 1.29 is 22.5 Å². The molecule has 1 fully saturated rings. The standard InChI is InChI=1S/C20H21N5O5S/c26-18(8-9-19-23-20(24-30-19)17-3-1-2-10-21-17)22-15-4-6-16(7-5-15)31(27,28)25-11-13-29-14-12-25/h1-7,10H,8-9,11-14H2,(H,22,26). The van der Waals surface area contributed by atoms with E-state index < -0.39 is 10.0 Å². The average molecular weight is 443 g/mol. The van der Waals surface area contributed by atoms with Crippen LogP contribution in [0.5, 0.6) is 0 Å². The number of anilines is 1. The number of hydrogen-bond donors (Lipinski definition) is 1. The van der Waals surface area contributed by atoms with Crippen molar-refractivity contribution >= 4 is 21.6 Å². The molecule has 0 aliphatic carbocycles. The van der Waals surface area contributed by atoms with Crippen LogP contribution in [0.2, 0.25) is 0 Å². The fraction of sp³-hybridized carbons (Fsp3) is 0.300. The molecule has 0 atom stereocenters. The minimum Gasteiger partial charge on any atom is -0.379 e. The first kappa shape index (κ1) is 21.1. The first-order valence-electron chi connectivity index (χ1n) is 9.74. The largest absolute Gasteiger partial charge is 0.379 e. The minimum atomic E-state index is -3.57. The van der Waals surface area contributed by atoms with Gasteiger partial charge in [0.15, 0.2) is 0 Å². The van der Waals surface area contributed by atoms with E-state index >= 15 is 0 Å². The molecule has 2 aromatic heterocycles. The smallest absolute Gasteiger partial charge is 0.243 e. The fourth-order valence-electron chi connectivity index (χ4n) is 3.05. The highest BCUT2D eigenvalue weighted by molar-refractivity contribution is 7.89. The van der Waals surface area contributed by atoms with E-state index in [1.54, 1.807) is 30.5 Å². The number of benzene rings is 1. The van der Waals surface area contributed by atoms with E-state index in [0.717, 1.165) is 0 Å². The van der Waals surface area contributed by atoms with Gasteiger partial charge < -0.3 is 14.6 Å². The van der Waals surface area contributed by atoms with Crippen LogP contribution in [0.25, 0.3) is 11.5 Å². The second kappa shape index (κ2) is 9.33. The molecule has 0 saturated carbocycles. The van der Waals surface area contributed by atoms with E-state index in [1.165, 1.54) is 16.4 Å². The third-order valence-corrected chi connectivity index (χ3v) is 6.59. The Morgan fingerprint density at radius 2 is 1.87 bits per heavy atom. The number of morpholine rings is 1. The van der Waals surface area contributed by atoms with E-state index in [1.807, 2.05) is 6.07 Å². The normalized spacial score (nSPS) is 15.0. The Bertz CT molecular complexity index is 1130. The Balaban J connectivity index is 1.31. The quantitative estimate of drug-likeness (QED) is 0.585. The van der Waals surface area contributed by atoms with Gasteiger partial charge in [0, 0.05) is 37.8 Å². The summed E-state index contributed by atoms with van der Waals surface area (Å²) in [5.74, 6) is 0.456. The maximum absolute atomic E-state index is 12.6. The molecule has 162 valence electrons. The van der Waals surface area contributed by atoms with Crippen molar-refractivity contribution in [2.24, 2.45) is 0 Å². The highest BCUT2D eigenvalue weighted by atomic mass is 32.2. The average Bonchev–Trinajstić information content (AvgIpc) is 3.28. The highest BCUT2D eigenvalue weighted by Gasteiger charge is 2.26. The molecule has 0 spiro atoms. The Morgan fingerprint density at radius 3 is 2.58 bits per heavy atom. The second-order valence-electron chi connectivity index (χ2n) is 6.82. The summed E-state index contributed by atoms with van der Waals surface area (Å²) in [4.78, 5) is 20.8. The highest BCUT2D eigenvalue weighted by Crippen LogP contribution is 2.20. The molecule has 31 heavy (non-hydrogen) atoms. The summed E-state index contributed by atoms with van der Waals surface area (Å²) in [6, 6.07) is 11.5. The zero-order chi connectivity index (χ0) is 21.7. The third kappa shape index (κ3) is 5.13. The van der Waals surface area contributed by atoms with E-state index in [0.29, 0.717) is 49.4 Å². The lowest BCUT2D eigenvalue weighted by atomic mass is 10.2. The van der Waals surface area contributed by atoms with Crippen LogP contribution in [0, 0.1) is 0 Å². The van der Waals surface area contributed by atoms with Gasteiger partial charge in [-0.25, -0.2) is 8.42 Å². The zero-order valence-corrected chi connectivity index (χ0v) is 17.4. The summed E-state index contributed by atoms with van der Waals surface area (Å²) in [7, 11) is -3.57. The fourth-order valence-corrected chi connectivity index (χ4v) is 4.45. The lowest BCUT2D eigenvalue weighted by Gasteiger charge is -2.26.